The molecule has 0 aliphatic heterocycles. The maximum absolute atomic E-state index is 7.31. The van der Waals surface area contributed by atoms with Crippen LogP contribution in [0.1, 0.15) is 20.3 Å². The van der Waals surface area contributed by atoms with E-state index < -0.39 is 0 Å². The van der Waals surface area contributed by atoms with Crippen LogP contribution in [0.15, 0.2) is 0 Å². The summed E-state index contributed by atoms with van der Waals surface area (Å²) in [5, 5.41) is 7.31. The summed E-state index contributed by atoms with van der Waals surface area (Å²) in [4.78, 5) is 2.02. The van der Waals surface area contributed by atoms with Crippen molar-refractivity contribution in [2.24, 2.45) is 11.8 Å². The molecule has 2 atom stereocenters. The zero-order chi connectivity index (χ0) is 7.72. The van der Waals surface area contributed by atoms with Gasteiger partial charge in [-0.05, 0) is 25.2 Å². The summed E-state index contributed by atoms with van der Waals surface area (Å²) < 4.78 is 0. The van der Waals surface area contributed by atoms with Crippen LogP contribution in [0.25, 0.3) is 0 Å². The summed E-state index contributed by atoms with van der Waals surface area (Å²) in [5.74, 6) is 2.45. The van der Waals surface area contributed by atoms with Crippen LogP contribution in [0.2, 0.25) is 0 Å². The summed E-state index contributed by atoms with van der Waals surface area (Å²) in [6.07, 6.45) is 1.36. The fourth-order valence-corrected chi connectivity index (χ4v) is 1.14. The van der Waals surface area contributed by atoms with E-state index in [0.29, 0.717) is 5.84 Å². The Morgan fingerprint density at radius 3 is 2.50 bits per heavy atom. The lowest BCUT2D eigenvalue weighted by Gasteiger charge is -2.16. The first-order valence-corrected chi connectivity index (χ1v) is 3.87. The van der Waals surface area contributed by atoms with Crippen molar-refractivity contribution in [2.45, 2.75) is 20.3 Å². The molecule has 0 aromatic heterocycles. The molecule has 10 heavy (non-hydrogen) atoms. The Labute approximate surface area is 62.7 Å². The minimum absolute atomic E-state index is 0.680. The molecule has 2 nitrogen and oxygen atoms in total. The van der Waals surface area contributed by atoms with Gasteiger partial charge in [0.05, 0.1) is 5.84 Å². The second-order valence-electron chi connectivity index (χ2n) is 3.44. The van der Waals surface area contributed by atoms with Crippen molar-refractivity contribution >= 4 is 5.84 Å². The van der Waals surface area contributed by atoms with Crippen LogP contribution in [-0.2, 0) is 0 Å². The van der Waals surface area contributed by atoms with E-state index in [2.05, 4.69) is 6.92 Å². The first kappa shape index (κ1) is 7.58. The standard InChI is InChI=1S/C8H16N2/c1-6-4-8(6)5-10(3)7(2)9/h6,8-9H,4-5H2,1-3H3. The van der Waals surface area contributed by atoms with Crippen LogP contribution in [-0.4, -0.2) is 24.3 Å². The number of hydrogen-bond donors (Lipinski definition) is 1. The highest BCUT2D eigenvalue weighted by Crippen LogP contribution is 2.37. The van der Waals surface area contributed by atoms with Crippen molar-refractivity contribution in [3.05, 3.63) is 0 Å². The second-order valence-corrected chi connectivity index (χ2v) is 3.44. The predicted molar refractivity (Wildman–Crippen MR) is 43.3 cm³/mol. The van der Waals surface area contributed by atoms with Crippen molar-refractivity contribution in [3.8, 4) is 0 Å². The van der Waals surface area contributed by atoms with E-state index in [9.17, 15) is 0 Å². The highest BCUT2D eigenvalue weighted by molar-refractivity contribution is 5.75. The van der Waals surface area contributed by atoms with Crippen molar-refractivity contribution in [1.29, 1.82) is 5.41 Å². The number of nitrogens with zero attached hydrogens (tertiary/aromatic N) is 1. The lowest BCUT2D eigenvalue weighted by atomic mass is 10.3. The molecule has 0 saturated heterocycles. The second kappa shape index (κ2) is 2.60. The molecule has 1 fully saturated rings. The maximum Gasteiger partial charge on any atom is 0.0923 e. The van der Waals surface area contributed by atoms with E-state index in [1.54, 1.807) is 0 Å². The molecular weight excluding hydrogens is 124 g/mol. The molecule has 0 bridgehead atoms. The average molecular weight is 140 g/mol. The summed E-state index contributed by atoms with van der Waals surface area (Å²) >= 11 is 0. The van der Waals surface area contributed by atoms with Gasteiger partial charge in [-0.3, -0.25) is 5.41 Å². The van der Waals surface area contributed by atoms with E-state index in [-0.39, 0.29) is 0 Å². The highest BCUT2D eigenvalue weighted by Gasteiger charge is 2.33. The van der Waals surface area contributed by atoms with Crippen LogP contribution in [0.4, 0.5) is 0 Å². The Kier molecular flexibility index (Phi) is 1.97. The van der Waals surface area contributed by atoms with Crippen molar-refractivity contribution in [1.82, 2.24) is 4.90 Å². The van der Waals surface area contributed by atoms with E-state index in [4.69, 9.17) is 5.41 Å². The molecule has 1 N–H and O–H groups in total. The average Bonchev–Trinajstić information content (AvgIpc) is 2.46. The fraction of sp³-hybridized carbons (Fsp3) is 0.875. The molecular formula is C8H16N2. The predicted octanol–water partition coefficient (Wildman–Crippen LogP) is 1.57. The fourth-order valence-electron chi connectivity index (χ4n) is 1.14. The Morgan fingerprint density at radius 2 is 2.20 bits per heavy atom. The van der Waals surface area contributed by atoms with Crippen molar-refractivity contribution < 1.29 is 0 Å². The van der Waals surface area contributed by atoms with Crippen LogP contribution >= 0.6 is 0 Å². The number of amidine groups is 1. The summed E-state index contributed by atoms with van der Waals surface area (Å²) in [6.45, 7) is 5.20. The Balaban J connectivity index is 2.19. The third-order valence-corrected chi connectivity index (χ3v) is 2.36. The maximum atomic E-state index is 7.31. The Morgan fingerprint density at radius 1 is 1.70 bits per heavy atom. The molecule has 0 heterocycles. The highest BCUT2D eigenvalue weighted by atomic mass is 15.1. The smallest absolute Gasteiger partial charge is 0.0923 e. The molecule has 0 radical (unpaired) electrons. The van der Waals surface area contributed by atoms with Crippen molar-refractivity contribution in [3.63, 3.8) is 0 Å². The third-order valence-electron chi connectivity index (χ3n) is 2.36. The Bertz CT molecular complexity index is 142. The van der Waals surface area contributed by atoms with Crippen LogP contribution in [0.5, 0.6) is 0 Å². The monoisotopic (exact) mass is 140 g/mol. The Hall–Kier alpha value is -0.530. The van der Waals surface area contributed by atoms with Gasteiger partial charge >= 0.3 is 0 Å². The van der Waals surface area contributed by atoms with Gasteiger partial charge in [-0.1, -0.05) is 6.92 Å². The third kappa shape index (κ3) is 1.72. The first-order chi connectivity index (χ1) is 4.61. The van der Waals surface area contributed by atoms with E-state index in [1.165, 1.54) is 6.42 Å². The summed E-state index contributed by atoms with van der Waals surface area (Å²) in [6, 6.07) is 0. The molecule has 0 spiro atoms. The number of hydrogen-bond acceptors (Lipinski definition) is 1. The quantitative estimate of drug-likeness (QED) is 0.457. The lowest BCUT2D eigenvalue weighted by Crippen LogP contribution is -2.25. The van der Waals surface area contributed by atoms with Gasteiger partial charge in [0.1, 0.15) is 0 Å². The minimum Gasteiger partial charge on any atom is -0.364 e. The van der Waals surface area contributed by atoms with Gasteiger partial charge in [0, 0.05) is 13.6 Å². The van der Waals surface area contributed by atoms with Crippen LogP contribution < -0.4 is 0 Å². The van der Waals surface area contributed by atoms with Gasteiger partial charge < -0.3 is 4.90 Å². The van der Waals surface area contributed by atoms with Crippen LogP contribution in [0.3, 0.4) is 0 Å². The van der Waals surface area contributed by atoms with Gasteiger partial charge in [0.2, 0.25) is 0 Å². The van der Waals surface area contributed by atoms with Gasteiger partial charge in [-0.2, -0.15) is 0 Å². The largest absolute Gasteiger partial charge is 0.364 e. The van der Waals surface area contributed by atoms with E-state index >= 15 is 0 Å². The van der Waals surface area contributed by atoms with Gasteiger partial charge in [-0.15, -0.1) is 0 Å². The molecule has 0 aromatic carbocycles. The normalized spacial score (nSPS) is 29.9. The summed E-state index contributed by atoms with van der Waals surface area (Å²) in [5.41, 5.74) is 0. The first-order valence-electron chi connectivity index (χ1n) is 3.87. The molecule has 2 heteroatoms. The van der Waals surface area contributed by atoms with E-state index in [0.717, 1.165) is 18.4 Å². The van der Waals surface area contributed by atoms with Crippen molar-refractivity contribution in [2.75, 3.05) is 13.6 Å². The van der Waals surface area contributed by atoms with Gasteiger partial charge in [0.15, 0.2) is 0 Å². The number of rotatable bonds is 2. The number of nitrogens with one attached hydrogen (secondary N) is 1. The molecule has 1 saturated carbocycles. The minimum atomic E-state index is 0.680. The zero-order valence-electron chi connectivity index (χ0n) is 7.02. The zero-order valence-corrected chi connectivity index (χ0v) is 7.02. The SMILES string of the molecule is CC(=N)N(C)CC1CC1C. The summed E-state index contributed by atoms with van der Waals surface area (Å²) in [7, 11) is 1.99. The molecule has 1 rings (SSSR count). The molecule has 58 valence electrons. The van der Waals surface area contributed by atoms with Gasteiger partial charge in [-0.25, -0.2) is 0 Å². The topological polar surface area (TPSA) is 27.1 Å². The molecule has 0 aromatic rings. The van der Waals surface area contributed by atoms with E-state index in [1.807, 2.05) is 18.9 Å². The lowest BCUT2D eigenvalue weighted by molar-refractivity contribution is 0.457. The molecule has 1 aliphatic carbocycles. The molecule has 0 amide bonds. The van der Waals surface area contributed by atoms with Gasteiger partial charge in [0.25, 0.3) is 0 Å². The molecule has 1 aliphatic rings. The molecule has 2 unspecified atom stereocenters. The van der Waals surface area contributed by atoms with Crippen LogP contribution in [0, 0.1) is 17.2 Å².